The number of carbonyl (C=O) groups is 1. The zero-order valence-corrected chi connectivity index (χ0v) is 12.4. The summed E-state index contributed by atoms with van der Waals surface area (Å²) in [5.74, 6) is 0.147. The third kappa shape index (κ3) is 3.78. The molecular weight excluding hydrogens is 308 g/mol. The Kier molecular flexibility index (Phi) is 5.36. The average molecular weight is 327 g/mol. The van der Waals surface area contributed by atoms with Crippen LogP contribution < -0.4 is 5.73 Å². The van der Waals surface area contributed by atoms with Gasteiger partial charge in [0.05, 0.1) is 25.7 Å². The predicted molar refractivity (Wildman–Crippen MR) is 77.8 cm³/mol. The first-order chi connectivity index (χ1) is 9.22. The van der Waals surface area contributed by atoms with Gasteiger partial charge in [-0.1, -0.05) is 34.1 Å². The highest BCUT2D eigenvalue weighted by molar-refractivity contribution is 9.10. The van der Waals surface area contributed by atoms with Crippen molar-refractivity contribution in [2.24, 2.45) is 5.73 Å². The fourth-order valence-electron chi connectivity index (χ4n) is 2.32. The SMILES string of the molecule is NCCC1COCCN1C(=O)Cc1ccccc1Br. The van der Waals surface area contributed by atoms with E-state index in [1.54, 1.807) is 0 Å². The van der Waals surface area contributed by atoms with Crippen LogP contribution >= 0.6 is 15.9 Å². The van der Waals surface area contributed by atoms with Crippen LogP contribution in [0.5, 0.6) is 0 Å². The van der Waals surface area contributed by atoms with Crippen molar-refractivity contribution in [1.82, 2.24) is 4.90 Å². The number of hydrogen-bond donors (Lipinski definition) is 1. The van der Waals surface area contributed by atoms with Crippen LogP contribution in [0.3, 0.4) is 0 Å². The Balaban J connectivity index is 2.03. The number of carbonyl (C=O) groups excluding carboxylic acids is 1. The maximum atomic E-state index is 12.4. The Bertz CT molecular complexity index is 437. The van der Waals surface area contributed by atoms with Crippen LogP contribution in [0.2, 0.25) is 0 Å². The van der Waals surface area contributed by atoms with E-state index in [0.717, 1.165) is 16.5 Å². The lowest BCUT2D eigenvalue weighted by Crippen LogP contribution is -2.50. The summed E-state index contributed by atoms with van der Waals surface area (Å²) in [5.41, 5.74) is 6.62. The highest BCUT2D eigenvalue weighted by Gasteiger charge is 2.26. The quantitative estimate of drug-likeness (QED) is 0.913. The van der Waals surface area contributed by atoms with Crippen LogP contribution in [0.25, 0.3) is 0 Å². The summed E-state index contributed by atoms with van der Waals surface area (Å²) >= 11 is 3.48. The molecule has 19 heavy (non-hydrogen) atoms. The number of rotatable bonds is 4. The molecule has 2 N–H and O–H groups in total. The maximum Gasteiger partial charge on any atom is 0.227 e. The van der Waals surface area contributed by atoms with Crippen LogP contribution in [-0.4, -0.2) is 43.2 Å². The lowest BCUT2D eigenvalue weighted by molar-refractivity contribution is -0.139. The second-order valence-corrected chi connectivity index (χ2v) is 5.52. The molecule has 4 nitrogen and oxygen atoms in total. The summed E-state index contributed by atoms with van der Waals surface area (Å²) in [5, 5.41) is 0. The van der Waals surface area contributed by atoms with Gasteiger partial charge in [-0.3, -0.25) is 4.79 Å². The normalized spacial score (nSPS) is 19.5. The van der Waals surface area contributed by atoms with Gasteiger partial charge in [0.15, 0.2) is 0 Å². The van der Waals surface area contributed by atoms with Crippen molar-refractivity contribution in [2.45, 2.75) is 18.9 Å². The van der Waals surface area contributed by atoms with Gasteiger partial charge in [0, 0.05) is 11.0 Å². The van der Waals surface area contributed by atoms with Crippen molar-refractivity contribution >= 4 is 21.8 Å². The molecule has 2 rings (SSSR count). The smallest absolute Gasteiger partial charge is 0.227 e. The molecule has 0 aliphatic carbocycles. The van der Waals surface area contributed by atoms with Crippen molar-refractivity contribution in [3.05, 3.63) is 34.3 Å². The topological polar surface area (TPSA) is 55.6 Å². The van der Waals surface area contributed by atoms with Crippen molar-refractivity contribution in [1.29, 1.82) is 0 Å². The summed E-state index contributed by atoms with van der Waals surface area (Å²) in [6, 6.07) is 7.95. The Morgan fingerprint density at radius 3 is 3.00 bits per heavy atom. The van der Waals surface area contributed by atoms with Gasteiger partial charge < -0.3 is 15.4 Å². The molecule has 1 aromatic carbocycles. The molecule has 1 unspecified atom stereocenters. The number of nitrogens with two attached hydrogens (primary N) is 1. The number of halogens is 1. The predicted octanol–water partition coefficient (Wildman–Crippen LogP) is 1.57. The zero-order valence-electron chi connectivity index (χ0n) is 10.8. The van der Waals surface area contributed by atoms with Crippen molar-refractivity contribution in [3.63, 3.8) is 0 Å². The molecule has 0 radical (unpaired) electrons. The molecule has 1 fully saturated rings. The Morgan fingerprint density at radius 2 is 2.26 bits per heavy atom. The lowest BCUT2D eigenvalue weighted by Gasteiger charge is -2.35. The van der Waals surface area contributed by atoms with E-state index in [9.17, 15) is 4.79 Å². The second-order valence-electron chi connectivity index (χ2n) is 4.66. The number of nitrogens with zero attached hydrogens (tertiary/aromatic N) is 1. The van der Waals surface area contributed by atoms with E-state index in [4.69, 9.17) is 10.5 Å². The van der Waals surface area contributed by atoms with E-state index >= 15 is 0 Å². The van der Waals surface area contributed by atoms with Gasteiger partial charge >= 0.3 is 0 Å². The second kappa shape index (κ2) is 7.03. The largest absolute Gasteiger partial charge is 0.377 e. The highest BCUT2D eigenvalue weighted by atomic mass is 79.9. The molecule has 1 aliphatic rings. The first kappa shape index (κ1) is 14.5. The molecule has 104 valence electrons. The monoisotopic (exact) mass is 326 g/mol. The molecule has 1 amide bonds. The summed E-state index contributed by atoms with van der Waals surface area (Å²) < 4.78 is 6.41. The first-order valence-corrected chi connectivity index (χ1v) is 7.32. The minimum absolute atomic E-state index is 0.119. The van der Waals surface area contributed by atoms with Crippen LogP contribution in [0.15, 0.2) is 28.7 Å². The van der Waals surface area contributed by atoms with Crippen molar-refractivity contribution in [2.75, 3.05) is 26.3 Å². The van der Waals surface area contributed by atoms with Crippen LogP contribution in [0.4, 0.5) is 0 Å². The minimum atomic E-state index is 0.119. The molecule has 0 saturated carbocycles. The van der Waals surface area contributed by atoms with Gasteiger partial charge in [0.25, 0.3) is 0 Å². The molecule has 1 heterocycles. The number of ether oxygens (including phenoxy) is 1. The van der Waals surface area contributed by atoms with E-state index in [2.05, 4.69) is 15.9 Å². The minimum Gasteiger partial charge on any atom is -0.377 e. The van der Waals surface area contributed by atoms with Gasteiger partial charge in [0.2, 0.25) is 5.91 Å². The van der Waals surface area contributed by atoms with E-state index in [0.29, 0.717) is 32.7 Å². The van der Waals surface area contributed by atoms with Crippen LogP contribution in [0.1, 0.15) is 12.0 Å². The van der Waals surface area contributed by atoms with Gasteiger partial charge in [-0.05, 0) is 24.6 Å². The Morgan fingerprint density at radius 1 is 1.47 bits per heavy atom. The van der Waals surface area contributed by atoms with Crippen LogP contribution in [0, 0.1) is 0 Å². The Labute approximate surface area is 122 Å². The third-order valence-corrected chi connectivity index (χ3v) is 4.12. The highest BCUT2D eigenvalue weighted by Crippen LogP contribution is 2.19. The lowest BCUT2D eigenvalue weighted by atomic mass is 10.1. The zero-order chi connectivity index (χ0) is 13.7. The maximum absolute atomic E-state index is 12.4. The van der Waals surface area contributed by atoms with E-state index < -0.39 is 0 Å². The molecule has 0 aromatic heterocycles. The van der Waals surface area contributed by atoms with E-state index in [1.165, 1.54) is 0 Å². The summed E-state index contributed by atoms with van der Waals surface area (Å²) in [6.07, 6.45) is 1.21. The van der Waals surface area contributed by atoms with Gasteiger partial charge in [-0.15, -0.1) is 0 Å². The molecule has 1 aromatic rings. The molecule has 1 atom stereocenters. The standard InChI is InChI=1S/C14H19BrN2O2/c15-13-4-2-1-3-11(13)9-14(18)17-7-8-19-10-12(17)5-6-16/h1-4,12H,5-10,16H2. The van der Waals surface area contributed by atoms with Gasteiger partial charge in [-0.25, -0.2) is 0 Å². The number of amides is 1. The van der Waals surface area contributed by atoms with Gasteiger partial charge in [-0.2, -0.15) is 0 Å². The fourth-order valence-corrected chi connectivity index (χ4v) is 2.75. The summed E-state index contributed by atoms with van der Waals surface area (Å²) in [7, 11) is 0. The van der Waals surface area contributed by atoms with E-state index in [1.807, 2.05) is 29.2 Å². The summed E-state index contributed by atoms with van der Waals surface area (Å²) in [6.45, 7) is 2.45. The van der Waals surface area contributed by atoms with Crippen molar-refractivity contribution in [3.8, 4) is 0 Å². The fraction of sp³-hybridized carbons (Fsp3) is 0.500. The van der Waals surface area contributed by atoms with E-state index in [-0.39, 0.29) is 11.9 Å². The third-order valence-electron chi connectivity index (χ3n) is 3.35. The van der Waals surface area contributed by atoms with Crippen molar-refractivity contribution < 1.29 is 9.53 Å². The molecule has 1 aliphatic heterocycles. The first-order valence-electron chi connectivity index (χ1n) is 6.53. The average Bonchev–Trinajstić information content (AvgIpc) is 2.42. The molecule has 5 heteroatoms. The molecule has 0 bridgehead atoms. The molecule has 0 spiro atoms. The number of hydrogen-bond acceptors (Lipinski definition) is 3. The number of benzene rings is 1. The van der Waals surface area contributed by atoms with Gasteiger partial charge in [0.1, 0.15) is 0 Å². The molecule has 1 saturated heterocycles. The number of morpholine rings is 1. The van der Waals surface area contributed by atoms with Crippen LogP contribution in [-0.2, 0) is 16.0 Å². The summed E-state index contributed by atoms with van der Waals surface area (Å²) in [4.78, 5) is 14.3. The molecular formula is C14H19BrN2O2. The Hall–Kier alpha value is -0.910.